The molecule has 2 aromatic carbocycles. The third-order valence-corrected chi connectivity index (χ3v) is 3.94. The Hall–Kier alpha value is -3.14. The van der Waals surface area contributed by atoms with Crippen LogP contribution in [-0.4, -0.2) is 11.0 Å². The van der Waals surface area contributed by atoms with Crippen molar-refractivity contribution in [3.63, 3.8) is 0 Å². The Balaban J connectivity index is 1.77. The van der Waals surface area contributed by atoms with Gasteiger partial charge in [-0.15, -0.1) is 0 Å². The Morgan fingerprint density at radius 2 is 1.68 bits per heavy atom. The van der Waals surface area contributed by atoms with Gasteiger partial charge < -0.3 is 5.32 Å². The molecule has 3 rings (SSSR count). The van der Waals surface area contributed by atoms with Crippen molar-refractivity contribution >= 4 is 11.7 Å². The molecular weight excluding hydrogens is 310 g/mol. The van der Waals surface area contributed by atoms with E-state index in [4.69, 9.17) is 0 Å². The van der Waals surface area contributed by atoms with E-state index < -0.39 is 0 Å². The van der Waals surface area contributed by atoms with Gasteiger partial charge in [-0.2, -0.15) is 0 Å². The topological polar surface area (TPSA) is 45.2 Å². The quantitative estimate of drug-likeness (QED) is 0.757. The van der Waals surface area contributed by atoms with E-state index in [1.165, 1.54) is 0 Å². The van der Waals surface area contributed by atoms with Crippen LogP contribution < -0.4 is 10.2 Å². The monoisotopic (exact) mass is 331 g/mol. The summed E-state index contributed by atoms with van der Waals surface area (Å²) in [5.41, 5.74) is 4.08. The third kappa shape index (κ3) is 4.67. The Bertz CT molecular complexity index is 802. The van der Waals surface area contributed by atoms with Crippen LogP contribution >= 0.6 is 0 Å². The molecular formula is C21H21N3O. The standard InChI is InChI=1S/C21H21N3O/c1-17-9-11-20(12-10-17)24(16-19-8-5-13-22-14-19)21(25)23-15-18-6-3-2-4-7-18/h2-14H,15-16H2,1H3,(H,23,25). The van der Waals surface area contributed by atoms with Gasteiger partial charge in [-0.05, 0) is 36.2 Å². The number of aryl methyl sites for hydroxylation is 1. The number of carbonyl (C=O) groups excluding carboxylic acids is 1. The second kappa shape index (κ2) is 8.11. The number of rotatable bonds is 5. The minimum atomic E-state index is -0.128. The highest BCUT2D eigenvalue weighted by atomic mass is 16.2. The molecule has 2 amide bonds. The van der Waals surface area contributed by atoms with Crippen molar-refractivity contribution < 1.29 is 4.79 Å². The van der Waals surface area contributed by atoms with Crippen LogP contribution in [0.5, 0.6) is 0 Å². The Morgan fingerprint density at radius 3 is 2.36 bits per heavy atom. The summed E-state index contributed by atoms with van der Waals surface area (Å²) < 4.78 is 0. The molecule has 126 valence electrons. The molecule has 0 unspecified atom stereocenters. The van der Waals surface area contributed by atoms with E-state index in [0.717, 1.165) is 22.4 Å². The van der Waals surface area contributed by atoms with Gasteiger partial charge in [-0.25, -0.2) is 4.79 Å². The van der Waals surface area contributed by atoms with E-state index in [1.54, 1.807) is 17.3 Å². The van der Waals surface area contributed by atoms with Gasteiger partial charge in [0.2, 0.25) is 0 Å². The van der Waals surface area contributed by atoms with Gasteiger partial charge in [-0.3, -0.25) is 9.88 Å². The molecule has 1 heterocycles. The molecule has 0 aliphatic rings. The van der Waals surface area contributed by atoms with Crippen LogP contribution in [0.1, 0.15) is 16.7 Å². The first kappa shape index (κ1) is 16.7. The molecule has 4 heteroatoms. The van der Waals surface area contributed by atoms with Crippen molar-refractivity contribution in [1.82, 2.24) is 10.3 Å². The van der Waals surface area contributed by atoms with Crippen molar-refractivity contribution in [2.75, 3.05) is 4.90 Å². The number of carbonyl (C=O) groups is 1. The van der Waals surface area contributed by atoms with Gasteiger partial charge in [0.15, 0.2) is 0 Å². The lowest BCUT2D eigenvalue weighted by molar-refractivity contribution is 0.245. The van der Waals surface area contributed by atoms with Gasteiger partial charge in [0.1, 0.15) is 0 Å². The molecule has 0 bridgehead atoms. The number of nitrogens with zero attached hydrogens (tertiary/aromatic N) is 2. The van der Waals surface area contributed by atoms with Crippen LogP contribution in [0.4, 0.5) is 10.5 Å². The van der Waals surface area contributed by atoms with Crippen LogP contribution in [0, 0.1) is 6.92 Å². The summed E-state index contributed by atoms with van der Waals surface area (Å²) in [6, 6.07) is 21.6. The minimum absolute atomic E-state index is 0.128. The maximum absolute atomic E-state index is 12.8. The molecule has 4 nitrogen and oxygen atoms in total. The zero-order valence-corrected chi connectivity index (χ0v) is 14.2. The number of aromatic nitrogens is 1. The van der Waals surface area contributed by atoms with E-state index in [-0.39, 0.29) is 6.03 Å². The molecule has 0 saturated carbocycles. The number of hydrogen-bond acceptors (Lipinski definition) is 2. The van der Waals surface area contributed by atoms with Crippen molar-refractivity contribution in [1.29, 1.82) is 0 Å². The molecule has 0 aliphatic carbocycles. The lowest BCUT2D eigenvalue weighted by Gasteiger charge is -2.23. The Morgan fingerprint density at radius 1 is 0.960 bits per heavy atom. The number of benzene rings is 2. The van der Waals surface area contributed by atoms with E-state index in [2.05, 4.69) is 10.3 Å². The first-order valence-electron chi connectivity index (χ1n) is 8.27. The van der Waals surface area contributed by atoms with Crippen LogP contribution in [-0.2, 0) is 13.1 Å². The van der Waals surface area contributed by atoms with Crippen LogP contribution in [0.15, 0.2) is 79.1 Å². The van der Waals surface area contributed by atoms with Gasteiger partial charge in [0, 0.05) is 24.6 Å². The molecule has 1 N–H and O–H groups in total. The lowest BCUT2D eigenvalue weighted by Crippen LogP contribution is -2.39. The van der Waals surface area contributed by atoms with Crippen molar-refractivity contribution in [2.45, 2.75) is 20.0 Å². The van der Waals surface area contributed by atoms with E-state index >= 15 is 0 Å². The highest BCUT2D eigenvalue weighted by molar-refractivity contribution is 5.91. The largest absolute Gasteiger partial charge is 0.334 e. The molecule has 0 saturated heterocycles. The molecule has 25 heavy (non-hydrogen) atoms. The summed E-state index contributed by atoms with van der Waals surface area (Å²) in [4.78, 5) is 18.7. The first-order valence-corrected chi connectivity index (χ1v) is 8.27. The van der Waals surface area contributed by atoms with Gasteiger partial charge in [-0.1, -0.05) is 54.1 Å². The van der Waals surface area contributed by atoms with Crippen molar-refractivity contribution in [3.05, 3.63) is 95.8 Å². The third-order valence-electron chi connectivity index (χ3n) is 3.94. The van der Waals surface area contributed by atoms with Crippen molar-refractivity contribution in [2.24, 2.45) is 0 Å². The molecule has 0 radical (unpaired) electrons. The van der Waals surface area contributed by atoms with Crippen LogP contribution in [0.3, 0.4) is 0 Å². The lowest BCUT2D eigenvalue weighted by atomic mass is 10.2. The van der Waals surface area contributed by atoms with E-state index in [0.29, 0.717) is 13.1 Å². The number of nitrogens with one attached hydrogen (secondary N) is 1. The number of hydrogen-bond donors (Lipinski definition) is 1. The Kier molecular flexibility index (Phi) is 5.42. The zero-order valence-electron chi connectivity index (χ0n) is 14.2. The fraction of sp³-hybridized carbons (Fsp3) is 0.143. The molecule has 3 aromatic rings. The van der Waals surface area contributed by atoms with Crippen molar-refractivity contribution in [3.8, 4) is 0 Å². The summed E-state index contributed by atoms with van der Waals surface area (Å²) >= 11 is 0. The van der Waals surface area contributed by atoms with E-state index in [1.807, 2.05) is 73.7 Å². The average Bonchev–Trinajstić information content (AvgIpc) is 2.67. The summed E-state index contributed by atoms with van der Waals surface area (Å²) in [7, 11) is 0. The fourth-order valence-corrected chi connectivity index (χ4v) is 2.55. The molecule has 0 fully saturated rings. The maximum Gasteiger partial charge on any atom is 0.322 e. The highest BCUT2D eigenvalue weighted by Crippen LogP contribution is 2.18. The zero-order chi connectivity index (χ0) is 17.5. The predicted molar refractivity (Wildman–Crippen MR) is 100 cm³/mol. The summed E-state index contributed by atoms with van der Waals surface area (Å²) in [5, 5.41) is 3.00. The Labute approximate surface area is 148 Å². The minimum Gasteiger partial charge on any atom is -0.334 e. The van der Waals surface area contributed by atoms with E-state index in [9.17, 15) is 4.79 Å². The number of anilines is 1. The molecule has 0 spiro atoms. The highest BCUT2D eigenvalue weighted by Gasteiger charge is 2.16. The van der Waals surface area contributed by atoms with Gasteiger partial charge >= 0.3 is 6.03 Å². The predicted octanol–water partition coefficient (Wildman–Crippen LogP) is 4.31. The average molecular weight is 331 g/mol. The normalized spacial score (nSPS) is 10.3. The SMILES string of the molecule is Cc1ccc(N(Cc2cccnc2)C(=O)NCc2ccccc2)cc1. The molecule has 1 aromatic heterocycles. The second-order valence-electron chi connectivity index (χ2n) is 5.93. The van der Waals surface area contributed by atoms with Crippen LogP contribution in [0.25, 0.3) is 0 Å². The summed E-state index contributed by atoms with van der Waals surface area (Å²) in [6.07, 6.45) is 3.51. The number of amides is 2. The number of urea groups is 1. The first-order chi connectivity index (χ1) is 12.2. The second-order valence-corrected chi connectivity index (χ2v) is 5.93. The maximum atomic E-state index is 12.8. The number of pyridine rings is 1. The van der Waals surface area contributed by atoms with Crippen LogP contribution in [0.2, 0.25) is 0 Å². The smallest absolute Gasteiger partial charge is 0.322 e. The van der Waals surface area contributed by atoms with Gasteiger partial charge in [0.25, 0.3) is 0 Å². The fourth-order valence-electron chi connectivity index (χ4n) is 2.55. The molecule has 0 atom stereocenters. The molecule has 0 aliphatic heterocycles. The summed E-state index contributed by atoms with van der Waals surface area (Å²) in [6.45, 7) is 3.00. The van der Waals surface area contributed by atoms with Gasteiger partial charge in [0.05, 0.1) is 6.54 Å². The summed E-state index contributed by atoms with van der Waals surface area (Å²) in [5.74, 6) is 0.